The van der Waals surface area contributed by atoms with Gasteiger partial charge >= 0.3 is 0 Å². The van der Waals surface area contributed by atoms with Crippen LogP contribution in [0.2, 0.25) is 0 Å². The Balaban J connectivity index is 2.38. The molecule has 3 atom stereocenters. The van der Waals surface area contributed by atoms with Crippen LogP contribution in [0.3, 0.4) is 0 Å². The number of hydrogen-bond acceptors (Lipinski definition) is 2. The van der Waals surface area contributed by atoms with Crippen molar-refractivity contribution in [3.05, 3.63) is 0 Å². The van der Waals surface area contributed by atoms with Crippen LogP contribution < -0.4 is 5.73 Å². The largest absolute Gasteiger partial charge is 0.377 e. The van der Waals surface area contributed by atoms with E-state index in [-0.39, 0.29) is 6.04 Å². The van der Waals surface area contributed by atoms with Gasteiger partial charge in [0.15, 0.2) is 0 Å². The van der Waals surface area contributed by atoms with E-state index in [1.165, 1.54) is 19.3 Å². The molecule has 84 valence electrons. The van der Waals surface area contributed by atoms with Gasteiger partial charge in [-0.2, -0.15) is 0 Å². The van der Waals surface area contributed by atoms with Gasteiger partial charge in [-0.3, -0.25) is 0 Å². The smallest absolute Gasteiger partial charge is 0.0618 e. The number of ether oxygens (including phenoxy) is 1. The number of rotatable bonds is 3. The van der Waals surface area contributed by atoms with Gasteiger partial charge in [0, 0.05) is 6.04 Å². The molecule has 1 aliphatic rings. The summed E-state index contributed by atoms with van der Waals surface area (Å²) in [5.74, 6) is 0.789. The van der Waals surface area contributed by atoms with Crippen LogP contribution in [0.1, 0.15) is 47.0 Å². The Morgan fingerprint density at radius 1 is 1.43 bits per heavy atom. The summed E-state index contributed by atoms with van der Waals surface area (Å²) in [4.78, 5) is 0. The predicted octanol–water partition coefficient (Wildman–Crippen LogP) is 2.57. The third-order valence-electron chi connectivity index (χ3n) is 2.94. The average molecular weight is 199 g/mol. The standard InChI is InChI=1S/C12H25NO/c1-9-5-11(14-8-10(2)13)7-12(3,4)6-9/h9-11H,5-8,13H2,1-4H3/t9?,10-,11?/m1/s1. The highest BCUT2D eigenvalue weighted by molar-refractivity contribution is 4.83. The van der Waals surface area contributed by atoms with E-state index >= 15 is 0 Å². The third kappa shape index (κ3) is 3.97. The van der Waals surface area contributed by atoms with E-state index in [9.17, 15) is 0 Å². The highest BCUT2D eigenvalue weighted by Crippen LogP contribution is 2.39. The van der Waals surface area contributed by atoms with Crippen molar-refractivity contribution in [1.82, 2.24) is 0 Å². The Labute approximate surface area is 88.2 Å². The average Bonchev–Trinajstić information content (AvgIpc) is 1.96. The molecule has 0 bridgehead atoms. The van der Waals surface area contributed by atoms with Gasteiger partial charge in [-0.1, -0.05) is 20.8 Å². The van der Waals surface area contributed by atoms with Crippen LogP contribution >= 0.6 is 0 Å². The predicted molar refractivity (Wildman–Crippen MR) is 60.2 cm³/mol. The van der Waals surface area contributed by atoms with E-state index in [1.54, 1.807) is 0 Å². The van der Waals surface area contributed by atoms with Gasteiger partial charge in [0.25, 0.3) is 0 Å². The van der Waals surface area contributed by atoms with Crippen LogP contribution in [0.4, 0.5) is 0 Å². The fourth-order valence-electron chi connectivity index (χ4n) is 2.67. The first-order valence-electron chi connectivity index (χ1n) is 5.76. The Morgan fingerprint density at radius 2 is 2.07 bits per heavy atom. The molecule has 2 N–H and O–H groups in total. The Kier molecular flexibility index (Phi) is 3.96. The summed E-state index contributed by atoms with van der Waals surface area (Å²) in [6.45, 7) is 9.70. The summed E-state index contributed by atoms with van der Waals surface area (Å²) in [7, 11) is 0. The number of nitrogens with two attached hydrogens (primary N) is 1. The molecule has 0 amide bonds. The Hall–Kier alpha value is -0.0800. The molecule has 1 aliphatic carbocycles. The summed E-state index contributed by atoms with van der Waals surface area (Å²) in [6, 6.07) is 0.162. The van der Waals surface area contributed by atoms with Crippen LogP contribution in [0.25, 0.3) is 0 Å². The lowest BCUT2D eigenvalue weighted by molar-refractivity contribution is -0.0262. The molecule has 0 aromatic heterocycles. The van der Waals surface area contributed by atoms with Gasteiger partial charge in [-0.15, -0.1) is 0 Å². The van der Waals surface area contributed by atoms with Gasteiger partial charge in [0.1, 0.15) is 0 Å². The van der Waals surface area contributed by atoms with Crippen LogP contribution in [-0.2, 0) is 4.74 Å². The first kappa shape index (κ1) is 12.0. The van der Waals surface area contributed by atoms with Crippen molar-refractivity contribution in [2.24, 2.45) is 17.1 Å². The quantitative estimate of drug-likeness (QED) is 0.758. The van der Waals surface area contributed by atoms with Gasteiger partial charge < -0.3 is 10.5 Å². The SMILES string of the molecule is CC1CC(OC[C@@H](C)N)CC(C)(C)C1. The van der Waals surface area contributed by atoms with Crippen molar-refractivity contribution in [2.45, 2.75) is 59.1 Å². The molecule has 0 aromatic carbocycles. The molecule has 0 radical (unpaired) electrons. The molecule has 1 fully saturated rings. The van der Waals surface area contributed by atoms with E-state index in [2.05, 4.69) is 20.8 Å². The minimum absolute atomic E-state index is 0.162. The normalized spacial score (nSPS) is 34.1. The lowest BCUT2D eigenvalue weighted by Crippen LogP contribution is -2.35. The zero-order chi connectivity index (χ0) is 10.8. The van der Waals surface area contributed by atoms with Gasteiger partial charge in [0.2, 0.25) is 0 Å². The van der Waals surface area contributed by atoms with E-state index in [0.29, 0.717) is 18.1 Å². The maximum Gasteiger partial charge on any atom is 0.0618 e. The first-order valence-corrected chi connectivity index (χ1v) is 5.76. The fourth-order valence-corrected chi connectivity index (χ4v) is 2.67. The molecule has 0 saturated heterocycles. The molecule has 0 heterocycles. The van der Waals surface area contributed by atoms with Crippen molar-refractivity contribution >= 4 is 0 Å². The molecule has 2 heteroatoms. The maximum absolute atomic E-state index is 5.83. The Bertz CT molecular complexity index is 177. The Morgan fingerprint density at radius 3 is 2.57 bits per heavy atom. The van der Waals surface area contributed by atoms with Crippen LogP contribution in [0.5, 0.6) is 0 Å². The fraction of sp³-hybridized carbons (Fsp3) is 1.00. The summed E-state index contributed by atoms with van der Waals surface area (Å²) >= 11 is 0. The molecular weight excluding hydrogens is 174 g/mol. The van der Waals surface area contributed by atoms with Crippen LogP contribution in [0, 0.1) is 11.3 Å². The van der Waals surface area contributed by atoms with Crippen LogP contribution in [-0.4, -0.2) is 18.8 Å². The second-order valence-corrected chi connectivity index (χ2v) is 5.85. The molecule has 1 saturated carbocycles. The zero-order valence-corrected chi connectivity index (χ0v) is 10.0. The highest BCUT2D eigenvalue weighted by atomic mass is 16.5. The van der Waals surface area contributed by atoms with E-state index in [0.717, 1.165) is 5.92 Å². The molecule has 0 aromatic rings. The summed E-state index contributed by atoms with van der Waals surface area (Å²) in [5.41, 5.74) is 6.13. The summed E-state index contributed by atoms with van der Waals surface area (Å²) in [6.07, 6.45) is 4.14. The zero-order valence-electron chi connectivity index (χ0n) is 10.0. The third-order valence-corrected chi connectivity index (χ3v) is 2.94. The van der Waals surface area contributed by atoms with Crippen molar-refractivity contribution < 1.29 is 4.74 Å². The number of hydrogen-bond donors (Lipinski definition) is 1. The molecule has 2 nitrogen and oxygen atoms in total. The molecule has 2 unspecified atom stereocenters. The molecule has 0 spiro atoms. The maximum atomic E-state index is 5.83. The highest BCUT2D eigenvalue weighted by Gasteiger charge is 2.32. The van der Waals surface area contributed by atoms with E-state index in [4.69, 9.17) is 10.5 Å². The summed E-state index contributed by atoms with van der Waals surface area (Å²) < 4.78 is 5.83. The van der Waals surface area contributed by atoms with Crippen molar-refractivity contribution in [2.75, 3.05) is 6.61 Å². The molecule has 0 aliphatic heterocycles. The lowest BCUT2D eigenvalue weighted by Gasteiger charge is -2.39. The second-order valence-electron chi connectivity index (χ2n) is 5.85. The lowest BCUT2D eigenvalue weighted by atomic mass is 9.71. The van der Waals surface area contributed by atoms with Gasteiger partial charge in [-0.25, -0.2) is 0 Å². The van der Waals surface area contributed by atoms with Crippen molar-refractivity contribution in [3.8, 4) is 0 Å². The van der Waals surface area contributed by atoms with Gasteiger partial charge in [-0.05, 0) is 37.5 Å². The van der Waals surface area contributed by atoms with Crippen molar-refractivity contribution in [3.63, 3.8) is 0 Å². The molecule has 1 rings (SSSR count). The second kappa shape index (κ2) is 4.63. The van der Waals surface area contributed by atoms with Crippen LogP contribution in [0.15, 0.2) is 0 Å². The minimum atomic E-state index is 0.162. The van der Waals surface area contributed by atoms with E-state index < -0.39 is 0 Å². The monoisotopic (exact) mass is 199 g/mol. The minimum Gasteiger partial charge on any atom is -0.377 e. The van der Waals surface area contributed by atoms with Gasteiger partial charge in [0.05, 0.1) is 12.7 Å². The van der Waals surface area contributed by atoms with Crippen molar-refractivity contribution in [1.29, 1.82) is 0 Å². The molecular formula is C12H25NO. The molecule has 14 heavy (non-hydrogen) atoms. The van der Waals surface area contributed by atoms with E-state index in [1.807, 2.05) is 6.92 Å². The topological polar surface area (TPSA) is 35.2 Å². The first-order chi connectivity index (χ1) is 6.39. The summed E-state index contributed by atoms with van der Waals surface area (Å²) in [5, 5.41) is 0.